The van der Waals surface area contributed by atoms with Gasteiger partial charge in [-0.15, -0.1) is 11.3 Å². The molecule has 1 aromatic rings. The van der Waals surface area contributed by atoms with Crippen molar-refractivity contribution in [2.45, 2.75) is 40.2 Å². The molecule has 1 rings (SSSR count). The maximum Gasteiger partial charge on any atom is 0.321 e. The summed E-state index contributed by atoms with van der Waals surface area (Å²) >= 11 is 1.60. The molecule has 0 spiro atoms. The maximum absolute atomic E-state index is 11.6. The number of hydrogen-bond acceptors (Lipinski definition) is 4. The van der Waals surface area contributed by atoms with Gasteiger partial charge >= 0.3 is 12.0 Å². The molecule has 0 aromatic carbocycles. The summed E-state index contributed by atoms with van der Waals surface area (Å²) in [5.41, 5.74) is 1.18. The molecule has 3 amide bonds. The van der Waals surface area contributed by atoms with Crippen LogP contribution < -0.4 is 10.6 Å². The molecule has 116 valence electrons. The number of aryl methyl sites for hydroxylation is 2. The first-order valence-electron chi connectivity index (χ1n) is 6.63. The van der Waals surface area contributed by atoms with E-state index in [1.54, 1.807) is 18.3 Å². The number of rotatable bonds is 6. The fourth-order valence-electron chi connectivity index (χ4n) is 1.81. The van der Waals surface area contributed by atoms with Gasteiger partial charge in [-0.05, 0) is 31.4 Å². The van der Waals surface area contributed by atoms with Gasteiger partial charge in [0.2, 0.25) is 5.91 Å². The third-order valence-electron chi connectivity index (χ3n) is 2.95. The van der Waals surface area contributed by atoms with Gasteiger partial charge in [-0.1, -0.05) is 6.92 Å². The van der Waals surface area contributed by atoms with Crippen LogP contribution in [0.4, 0.5) is 4.79 Å². The van der Waals surface area contributed by atoms with Gasteiger partial charge < -0.3 is 10.4 Å². The van der Waals surface area contributed by atoms with Crippen LogP contribution in [0.25, 0.3) is 0 Å². The molecule has 6 nitrogen and oxygen atoms in total. The smallest absolute Gasteiger partial charge is 0.321 e. The van der Waals surface area contributed by atoms with Crippen LogP contribution in [-0.2, 0) is 16.1 Å². The number of carboxylic acid groups (broad SMARTS) is 1. The van der Waals surface area contributed by atoms with E-state index in [0.717, 1.165) is 4.88 Å². The van der Waals surface area contributed by atoms with Crippen LogP contribution in [0.3, 0.4) is 0 Å². The first kappa shape index (κ1) is 17.2. The van der Waals surface area contributed by atoms with Crippen molar-refractivity contribution in [3.8, 4) is 0 Å². The summed E-state index contributed by atoms with van der Waals surface area (Å²) < 4.78 is 0. The number of imide groups is 1. The fourth-order valence-corrected chi connectivity index (χ4v) is 2.81. The van der Waals surface area contributed by atoms with Gasteiger partial charge in [0.05, 0.1) is 6.54 Å². The zero-order chi connectivity index (χ0) is 16.0. The van der Waals surface area contributed by atoms with Gasteiger partial charge in [0.1, 0.15) is 0 Å². The Morgan fingerprint density at radius 3 is 2.48 bits per heavy atom. The lowest BCUT2D eigenvalue weighted by atomic mass is 10.0. The summed E-state index contributed by atoms with van der Waals surface area (Å²) in [4.78, 5) is 35.8. The number of carbonyl (C=O) groups is 3. The van der Waals surface area contributed by atoms with Crippen LogP contribution in [0.1, 0.15) is 35.1 Å². The largest absolute Gasteiger partial charge is 0.481 e. The van der Waals surface area contributed by atoms with Crippen molar-refractivity contribution < 1.29 is 19.5 Å². The highest BCUT2D eigenvalue weighted by atomic mass is 32.1. The number of thiophene rings is 1. The minimum atomic E-state index is -0.955. The molecule has 0 fully saturated rings. The summed E-state index contributed by atoms with van der Waals surface area (Å²) in [5, 5.41) is 13.4. The number of hydrogen-bond donors (Lipinski definition) is 3. The Bertz CT molecular complexity index is 520. The van der Waals surface area contributed by atoms with Crippen LogP contribution in [0.2, 0.25) is 0 Å². The van der Waals surface area contributed by atoms with Crippen LogP contribution >= 0.6 is 11.3 Å². The predicted octanol–water partition coefficient (Wildman–Crippen LogP) is 2.19. The molecule has 1 unspecified atom stereocenters. The van der Waals surface area contributed by atoms with Crippen molar-refractivity contribution in [1.82, 2.24) is 10.6 Å². The average molecular weight is 312 g/mol. The number of amides is 3. The molecular formula is C14H20N2O4S. The SMILES string of the molecule is Cc1cc(CNC(=O)NC(=O)CC(C)CC(=O)O)sc1C. The summed E-state index contributed by atoms with van der Waals surface area (Å²) in [5.74, 6) is -1.74. The fraction of sp³-hybridized carbons (Fsp3) is 0.500. The minimum Gasteiger partial charge on any atom is -0.481 e. The van der Waals surface area contributed by atoms with Gasteiger partial charge in [-0.3, -0.25) is 14.9 Å². The number of carboxylic acids is 1. The van der Waals surface area contributed by atoms with Gasteiger partial charge in [0.25, 0.3) is 0 Å². The number of urea groups is 1. The predicted molar refractivity (Wildman–Crippen MR) is 80.2 cm³/mol. The van der Waals surface area contributed by atoms with E-state index in [-0.39, 0.29) is 18.8 Å². The van der Waals surface area contributed by atoms with Gasteiger partial charge in [0.15, 0.2) is 0 Å². The third kappa shape index (κ3) is 6.40. The number of carbonyl (C=O) groups excluding carboxylic acids is 2. The third-order valence-corrected chi connectivity index (χ3v) is 4.10. The maximum atomic E-state index is 11.6. The second-order valence-corrected chi connectivity index (χ2v) is 6.43. The molecular weight excluding hydrogens is 292 g/mol. The quantitative estimate of drug-likeness (QED) is 0.750. The molecule has 0 bridgehead atoms. The number of aliphatic carboxylic acids is 1. The molecule has 1 heterocycles. The van der Waals surface area contributed by atoms with Crippen LogP contribution in [0.5, 0.6) is 0 Å². The summed E-state index contributed by atoms with van der Waals surface area (Å²) in [6.07, 6.45) is -0.0836. The van der Waals surface area contributed by atoms with Crippen LogP contribution in [0, 0.1) is 19.8 Å². The molecule has 0 aliphatic heterocycles. The topological polar surface area (TPSA) is 95.5 Å². The molecule has 0 saturated heterocycles. The Morgan fingerprint density at radius 2 is 1.95 bits per heavy atom. The van der Waals surface area contributed by atoms with Gasteiger partial charge in [-0.25, -0.2) is 4.79 Å². The molecule has 7 heteroatoms. The van der Waals surface area contributed by atoms with E-state index in [2.05, 4.69) is 10.6 Å². The van der Waals surface area contributed by atoms with E-state index >= 15 is 0 Å². The standard InChI is InChI=1S/C14H20N2O4S/c1-8(5-13(18)19)4-12(17)16-14(20)15-7-11-6-9(2)10(3)21-11/h6,8H,4-5,7H2,1-3H3,(H,18,19)(H2,15,16,17,20). The Morgan fingerprint density at radius 1 is 1.29 bits per heavy atom. The Kier molecular flexibility index (Phi) is 6.36. The molecule has 0 saturated carbocycles. The molecule has 0 radical (unpaired) electrons. The van der Waals surface area contributed by atoms with E-state index in [4.69, 9.17) is 5.11 Å². The molecule has 0 aliphatic carbocycles. The Hall–Kier alpha value is -1.89. The second kappa shape index (κ2) is 7.78. The van der Waals surface area contributed by atoms with Gasteiger partial charge in [-0.2, -0.15) is 0 Å². The highest BCUT2D eigenvalue weighted by Crippen LogP contribution is 2.20. The molecule has 3 N–H and O–H groups in total. The van der Waals surface area contributed by atoms with Crippen LogP contribution in [0.15, 0.2) is 6.07 Å². The highest BCUT2D eigenvalue weighted by Gasteiger charge is 2.14. The first-order valence-corrected chi connectivity index (χ1v) is 7.45. The van der Waals surface area contributed by atoms with Crippen molar-refractivity contribution in [2.75, 3.05) is 0 Å². The van der Waals surface area contributed by atoms with Crippen molar-refractivity contribution in [3.05, 3.63) is 21.4 Å². The van der Waals surface area contributed by atoms with E-state index in [9.17, 15) is 14.4 Å². The second-order valence-electron chi connectivity index (χ2n) is 5.09. The summed E-state index contributed by atoms with van der Waals surface area (Å²) in [6.45, 7) is 6.03. The Labute approximate surface area is 127 Å². The normalized spacial score (nSPS) is 11.8. The average Bonchev–Trinajstić information content (AvgIpc) is 2.64. The van der Waals surface area contributed by atoms with E-state index in [1.807, 2.05) is 19.9 Å². The molecule has 1 atom stereocenters. The molecule has 1 aromatic heterocycles. The number of nitrogens with one attached hydrogen (secondary N) is 2. The molecule has 0 aliphatic rings. The van der Waals surface area contributed by atoms with E-state index in [1.165, 1.54) is 10.4 Å². The zero-order valence-electron chi connectivity index (χ0n) is 12.4. The summed E-state index contributed by atoms with van der Waals surface area (Å²) in [7, 11) is 0. The van der Waals surface area contributed by atoms with E-state index < -0.39 is 17.9 Å². The van der Waals surface area contributed by atoms with Crippen molar-refractivity contribution >= 4 is 29.2 Å². The Balaban J connectivity index is 2.33. The van der Waals surface area contributed by atoms with Crippen molar-refractivity contribution in [1.29, 1.82) is 0 Å². The summed E-state index contributed by atoms with van der Waals surface area (Å²) in [6, 6.07) is 1.43. The van der Waals surface area contributed by atoms with Crippen molar-refractivity contribution in [2.24, 2.45) is 5.92 Å². The lowest BCUT2D eigenvalue weighted by molar-refractivity contribution is -0.138. The highest BCUT2D eigenvalue weighted by molar-refractivity contribution is 7.12. The first-order chi connectivity index (χ1) is 9.77. The van der Waals surface area contributed by atoms with E-state index in [0.29, 0.717) is 6.54 Å². The van der Waals surface area contributed by atoms with Crippen LogP contribution in [-0.4, -0.2) is 23.0 Å². The van der Waals surface area contributed by atoms with Gasteiger partial charge in [0, 0.05) is 22.6 Å². The minimum absolute atomic E-state index is 0.0109. The van der Waals surface area contributed by atoms with Crippen molar-refractivity contribution in [3.63, 3.8) is 0 Å². The monoisotopic (exact) mass is 312 g/mol. The molecule has 21 heavy (non-hydrogen) atoms. The lowest BCUT2D eigenvalue weighted by Crippen LogP contribution is -2.39. The zero-order valence-corrected chi connectivity index (χ0v) is 13.2. The lowest BCUT2D eigenvalue weighted by Gasteiger charge is -2.09.